The molecule has 2 aromatic rings. The molecular formula is C20H27N. The zero-order chi connectivity index (χ0) is 14.6. The van der Waals surface area contributed by atoms with E-state index in [0.29, 0.717) is 0 Å². The van der Waals surface area contributed by atoms with Crippen molar-refractivity contribution in [3.63, 3.8) is 0 Å². The van der Waals surface area contributed by atoms with Crippen LogP contribution < -0.4 is 0 Å². The summed E-state index contributed by atoms with van der Waals surface area (Å²) >= 11 is 0. The fraction of sp³-hybridized carbons (Fsp3) is 0.450. The van der Waals surface area contributed by atoms with Gasteiger partial charge in [-0.15, -0.1) is 0 Å². The number of benzene rings is 1. The van der Waals surface area contributed by atoms with Crippen molar-refractivity contribution >= 4 is 0 Å². The molecule has 21 heavy (non-hydrogen) atoms. The van der Waals surface area contributed by atoms with E-state index < -0.39 is 0 Å². The summed E-state index contributed by atoms with van der Waals surface area (Å²) < 4.78 is 0. The predicted octanol–water partition coefficient (Wildman–Crippen LogP) is 5.60. The number of aryl methyl sites for hydroxylation is 2. The molecule has 1 heterocycles. The molecule has 0 radical (unpaired) electrons. The average molecular weight is 281 g/mol. The largest absolute Gasteiger partial charge is 0.265 e. The van der Waals surface area contributed by atoms with Gasteiger partial charge in [0.25, 0.3) is 0 Å². The molecule has 0 atom stereocenters. The van der Waals surface area contributed by atoms with Gasteiger partial charge >= 0.3 is 0 Å². The molecule has 0 aliphatic rings. The van der Waals surface area contributed by atoms with Crippen LogP contribution in [0.25, 0.3) is 0 Å². The quantitative estimate of drug-likeness (QED) is 0.517. The van der Waals surface area contributed by atoms with Gasteiger partial charge in [0.05, 0.1) is 0 Å². The third-order valence-electron chi connectivity index (χ3n) is 4.02. The maximum atomic E-state index is 4.05. The molecule has 0 aliphatic heterocycles. The van der Waals surface area contributed by atoms with E-state index >= 15 is 0 Å². The van der Waals surface area contributed by atoms with Crippen LogP contribution >= 0.6 is 0 Å². The van der Waals surface area contributed by atoms with Gasteiger partial charge in [-0.25, -0.2) is 0 Å². The van der Waals surface area contributed by atoms with Gasteiger partial charge in [-0.05, 0) is 48.9 Å². The minimum absolute atomic E-state index is 1.20. The molecule has 0 saturated heterocycles. The summed E-state index contributed by atoms with van der Waals surface area (Å²) in [6.45, 7) is 0. The van der Waals surface area contributed by atoms with Crippen molar-refractivity contribution in [3.05, 3.63) is 66.0 Å². The molecule has 0 fully saturated rings. The summed E-state index contributed by atoms with van der Waals surface area (Å²) in [5.41, 5.74) is 2.91. The summed E-state index contributed by atoms with van der Waals surface area (Å²) in [7, 11) is 0. The lowest BCUT2D eigenvalue weighted by molar-refractivity contribution is 0.579. The molecule has 0 spiro atoms. The molecule has 0 N–H and O–H groups in total. The Morgan fingerprint density at radius 1 is 0.524 bits per heavy atom. The van der Waals surface area contributed by atoms with Gasteiger partial charge < -0.3 is 0 Å². The standard InChI is InChI=1S/C20H27N/c1(2-4-7-11-19-12-9-6-10-13-19)3-5-8-14-20-15-17-21-18-16-20/h6,9-10,12-13,15-18H,1-5,7-8,11,14H2. The van der Waals surface area contributed by atoms with Crippen molar-refractivity contribution in [2.45, 2.75) is 57.8 Å². The first kappa shape index (κ1) is 15.8. The number of aromatic nitrogens is 1. The summed E-state index contributed by atoms with van der Waals surface area (Å²) in [6, 6.07) is 15.1. The highest BCUT2D eigenvalue weighted by molar-refractivity contribution is 5.14. The third-order valence-corrected chi connectivity index (χ3v) is 4.02. The summed E-state index contributed by atoms with van der Waals surface area (Å²) in [4.78, 5) is 4.05. The topological polar surface area (TPSA) is 12.9 Å². The Labute approximate surface area is 129 Å². The maximum absolute atomic E-state index is 4.05. The van der Waals surface area contributed by atoms with Gasteiger partial charge in [0.1, 0.15) is 0 Å². The smallest absolute Gasteiger partial charge is 0.0270 e. The van der Waals surface area contributed by atoms with Crippen molar-refractivity contribution in [2.75, 3.05) is 0 Å². The third kappa shape index (κ3) is 7.08. The van der Waals surface area contributed by atoms with Gasteiger partial charge in [-0.2, -0.15) is 0 Å². The lowest BCUT2D eigenvalue weighted by atomic mass is 10.0. The van der Waals surface area contributed by atoms with E-state index in [9.17, 15) is 0 Å². The van der Waals surface area contributed by atoms with Gasteiger partial charge in [0, 0.05) is 12.4 Å². The van der Waals surface area contributed by atoms with E-state index in [-0.39, 0.29) is 0 Å². The number of unbranched alkanes of at least 4 members (excludes halogenated alkanes) is 6. The Balaban J connectivity index is 1.40. The molecule has 0 bridgehead atoms. The van der Waals surface area contributed by atoms with Crippen LogP contribution in [0.5, 0.6) is 0 Å². The van der Waals surface area contributed by atoms with E-state index in [2.05, 4.69) is 47.4 Å². The molecular weight excluding hydrogens is 254 g/mol. The molecule has 1 aromatic heterocycles. The Kier molecular flexibility index (Phi) is 7.61. The molecule has 1 heteroatoms. The van der Waals surface area contributed by atoms with Gasteiger partial charge in [-0.3, -0.25) is 4.98 Å². The van der Waals surface area contributed by atoms with Crippen LogP contribution in [0.1, 0.15) is 56.1 Å². The molecule has 112 valence electrons. The van der Waals surface area contributed by atoms with Crippen LogP contribution in [-0.2, 0) is 12.8 Å². The Morgan fingerprint density at radius 2 is 1.00 bits per heavy atom. The number of rotatable bonds is 10. The van der Waals surface area contributed by atoms with Crippen LogP contribution in [0.2, 0.25) is 0 Å². The molecule has 0 saturated carbocycles. The molecule has 2 rings (SSSR count). The van der Waals surface area contributed by atoms with Gasteiger partial charge in [0.2, 0.25) is 0 Å². The van der Waals surface area contributed by atoms with Crippen LogP contribution in [0.15, 0.2) is 54.9 Å². The van der Waals surface area contributed by atoms with E-state index in [1.807, 2.05) is 12.4 Å². The van der Waals surface area contributed by atoms with E-state index in [1.54, 1.807) is 0 Å². The van der Waals surface area contributed by atoms with Crippen LogP contribution in [-0.4, -0.2) is 4.98 Å². The zero-order valence-corrected chi connectivity index (χ0v) is 13.0. The number of pyridine rings is 1. The van der Waals surface area contributed by atoms with Crippen molar-refractivity contribution < 1.29 is 0 Å². The number of hydrogen-bond donors (Lipinski definition) is 0. The van der Waals surface area contributed by atoms with Gasteiger partial charge in [0.15, 0.2) is 0 Å². The highest BCUT2D eigenvalue weighted by Crippen LogP contribution is 2.12. The average Bonchev–Trinajstić information content (AvgIpc) is 2.55. The first-order chi connectivity index (χ1) is 10.4. The normalized spacial score (nSPS) is 10.7. The van der Waals surface area contributed by atoms with Crippen LogP contribution in [0, 0.1) is 0 Å². The fourth-order valence-corrected chi connectivity index (χ4v) is 2.74. The minimum Gasteiger partial charge on any atom is -0.265 e. The fourth-order valence-electron chi connectivity index (χ4n) is 2.74. The van der Waals surface area contributed by atoms with Crippen LogP contribution in [0.4, 0.5) is 0 Å². The summed E-state index contributed by atoms with van der Waals surface area (Å²) in [5.74, 6) is 0. The maximum Gasteiger partial charge on any atom is 0.0270 e. The van der Waals surface area contributed by atoms with Gasteiger partial charge in [-0.1, -0.05) is 62.4 Å². The second-order valence-corrected chi connectivity index (χ2v) is 5.82. The van der Waals surface area contributed by atoms with E-state index in [1.165, 1.54) is 68.9 Å². The van der Waals surface area contributed by atoms with Crippen molar-refractivity contribution in [1.29, 1.82) is 0 Å². The first-order valence-electron chi connectivity index (χ1n) is 8.38. The molecule has 0 aliphatic carbocycles. The zero-order valence-electron chi connectivity index (χ0n) is 13.0. The molecule has 0 amide bonds. The molecule has 1 nitrogen and oxygen atoms in total. The highest BCUT2D eigenvalue weighted by atomic mass is 14.6. The second-order valence-electron chi connectivity index (χ2n) is 5.82. The van der Waals surface area contributed by atoms with Crippen LogP contribution in [0.3, 0.4) is 0 Å². The van der Waals surface area contributed by atoms with Crippen molar-refractivity contribution in [1.82, 2.24) is 4.98 Å². The lowest BCUT2D eigenvalue weighted by Gasteiger charge is -2.03. The van der Waals surface area contributed by atoms with Crippen molar-refractivity contribution in [2.24, 2.45) is 0 Å². The lowest BCUT2D eigenvalue weighted by Crippen LogP contribution is -1.88. The Hall–Kier alpha value is -1.63. The Morgan fingerprint density at radius 3 is 1.57 bits per heavy atom. The van der Waals surface area contributed by atoms with E-state index in [4.69, 9.17) is 0 Å². The van der Waals surface area contributed by atoms with Crippen molar-refractivity contribution in [3.8, 4) is 0 Å². The first-order valence-corrected chi connectivity index (χ1v) is 8.38. The summed E-state index contributed by atoms with van der Waals surface area (Å²) in [5, 5.41) is 0. The minimum atomic E-state index is 1.20. The van der Waals surface area contributed by atoms with E-state index in [0.717, 1.165) is 0 Å². The SMILES string of the molecule is c1ccc(CCCCCCCCCc2ccncc2)cc1. The molecule has 0 unspecified atom stereocenters. The Bertz CT molecular complexity index is 418. The highest BCUT2D eigenvalue weighted by Gasteiger charge is 1.95. The monoisotopic (exact) mass is 281 g/mol. The number of hydrogen-bond acceptors (Lipinski definition) is 1. The second kappa shape index (κ2) is 10.1. The number of nitrogens with zero attached hydrogens (tertiary/aromatic N) is 1. The summed E-state index contributed by atoms with van der Waals surface area (Å²) in [6.07, 6.45) is 15.8. The molecule has 1 aromatic carbocycles. The predicted molar refractivity (Wildman–Crippen MR) is 90.4 cm³/mol.